The Morgan fingerprint density at radius 1 is 1.67 bits per heavy atom. The quantitative estimate of drug-likeness (QED) is 0.929. The maximum Gasteiger partial charge on any atom is 0.262 e. The highest BCUT2D eigenvalue weighted by Crippen LogP contribution is 2.26. The molecule has 1 aromatic rings. The Labute approximate surface area is 106 Å². The van der Waals surface area contributed by atoms with Crippen LogP contribution < -0.4 is 5.32 Å². The molecule has 0 aliphatic carbocycles. The van der Waals surface area contributed by atoms with E-state index >= 15 is 0 Å². The molecule has 0 spiro atoms. The van der Waals surface area contributed by atoms with E-state index in [1.54, 1.807) is 0 Å². The molecule has 0 radical (unpaired) electrons. The lowest BCUT2D eigenvalue weighted by Crippen LogP contribution is -2.29. The molecule has 1 fully saturated rings. The van der Waals surface area contributed by atoms with Gasteiger partial charge in [-0.05, 0) is 46.0 Å². The zero-order chi connectivity index (χ0) is 10.7. The number of rotatable bonds is 3. The average Bonchev–Trinajstić information content (AvgIpc) is 2.84. The summed E-state index contributed by atoms with van der Waals surface area (Å²) in [5.74, 6) is 1.29. The number of amides is 1. The van der Waals surface area contributed by atoms with Crippen LogP contribution in [0.4, 0.5) is 0 Å². The molecule has 15 heavy (non-hydrogen) atoms. The Morgan fingerprint density at radius 3 is 3.13 bits per heavy atom. The van der Waals surface area contributed by atoms with Crippen molar-refractivity contribution in [3.05, 3.63) is 20.8 Å². The van der Waals surface area contributed by atoms with Crippen LogP contribution in [0.1, 0.15) is 22.5 Å². The third-order valence-electron chi connectivity index (χ3n) is 2.34. The first-order chi connectivity index (χ1) is 7.27. The minimum absolute atomic E-state index is 0.0457. The fraction of sp³-hybridized carbons (Fsp3) is 0.500. The number of hydrogen-bond donors (Lipinski definition) is 1. The highest BCUT2D eigenvalue weighted by molar-refractivity contribution is 9.10. The number of carbonyl (C=O) groups is 1. The molecule has 2 rings (SSSR count). The summed E-state index contributed by atoms with van der Waals surface area (Å²) in [6.45, 7) is 0.799. The normalized spacial score (nSPS) is 20.5. The summed E-state index contributed by atoms with van der Waals surface area (Å²) in [6, 6.07) is 1.91. The molecule has 1 aliphatic heterocycles. The number of thioether (sulfide) groups is 1. The summed E-state index contributed by atoms with van der Waals surface area (Å²) < 4.78 is 0.893. The van der Waals surface area contributed by atoms with Crippen molar-refractivity contribution in [1.29, 1.82) is 0 Å². The van der Waals surface area contributed by atoms with E-state index in [0.29, 0.717) is 5.25 Å². The lowest BCUT2D eigenvalue weighted by molar-refractivity contribution is 0.0957. The number of nitrogens with one attached hydrogen (secondary N) is 1. The number of thiophene rings is 1. The molecule has 5 heteroatoms. The first kappa shape index (κ1) is 11.5. The average molecular weight is 306 g/mol. The molecular formula is C10H12BrNOS2. The molecule has 1 amide bonds. The molecular weight excluding hydrogens is 294 g/mol. The van der Waals surface area contributed by atoms with Gasteiger partial charge in [0.15, 0.2) is 0 Å². The molecule has 2 heterocycles. The van der Waals surface area contributed by atoms with E-state index in [9.17, 15) is 4.79 Å². The molecule has 1 saturated heterocycles. The highest BCUT2D eigenvalue weighted by Gasteiger charge is 2.17. The molecule has 1 unspecified atom stereocenters. The molecule has 1 aromatic heterocycles. The minimum Gasteiger partial charge on any atom is -0.350 e. The van der Waals surface area contributed by atoms with E-state index in [1.165, 1.54) is 29.9 Å². The van der Waals surface area contributed by atoms with Crippen molar-refractivity contribution in [1.82, 2.24) is 5.32 Å². The SMILES string of the molecule is O=C(NCC1CCCS1)c1sccc1Br. The van der Waals surface area contributed by atoms with Gasteiger partial charge in [-0.1, -0.05) is 0 Å². The van der Waals surface area contributed by atoms with Gasteiger partial charge in [-0.25, -0.2) is 0 Å². The topological polar surface area (TPSA) is 29.1 Å². The van der Waals surface area contributed by atoms with Gasteiger partial charge in [0.2, 0.25) is 0 Å². The second kappa shape index (κ2) is 5.37. The van der Waals surface area contributed by atoms with E-state index in [0.717, 1.165) is 15.9 Å². The van der Waals surface area contributed by atoms with E-state index < -0.39 is 0 Å². The number of hydrogen-bond acceptors (Lipinski definition) is 3. The van der Waals surface area contributed by atoms with Crippen molar-refractivity contribution in [3.63, 3.8) is 0 Å². The zero-order valence-electron chi connectivity index (χ0n) is 8.16. The van der Waals surface area contributed by atoms with Crippen LogP contribution >= 0.6 is 39.0 Å². The van der Waals surface area contributed by atoms with Crippen molar-refractivity contribution < 1.29 is 4.79 Å². The standard InChI is InChI=1S/C10H12BrNOS2/c11-8-3-5-15-9(8)10(13)12-6-7-2-1-4-14-7/h3,5,7H,1-2,4,6H2,(H,12,13). The third kappa shape index (κ3) is 2.98. The second-order valence-electron chi connectivity index (χ2n) is 3.44. The van der Waals surface area contributed by atoms with Gasteiger partial charge < -0.3 is 5.32 Å². The van der Waals surface area contributed by atoms with Crippen LogP contribution in [0.3, 0.4) is 0 Å². The molecule has 0 bridgehead atoms. The maximum atomic E-state index is 11.7. The van der Waals surface area contributed by atoms with E-state index in [-0.39, 0.29) is 5.91 Å². The molecule has 2 nitrogen and oxygen atoms in total. The van der Waals surface area contributed by atoms with Crippen molar-refractivity contribution in [2.24, 2.45) is 0 Å². The second-order valence-corrected chi connectivity index (χ2v) is 6.62. The van der Waals surface area contributed by atoms with Crippen LogP contribution in [0.5, 0.6) is 0 Å². The predicted octanol–water partition coefficient (Wildman–Crippen LogP) is 3.14. The number of halogens is 1. The minimum atomic E-state index is 0.0457. The molecule has 1 N–H and O–H groups in total. The van der Waals surface area contributed by atoms with Crippen LogP contribution in [-0.4, -0.2) is 23.5 Å². The zero-order valence-corrected chi connectivity index (χ0v) is 11.4. The van der Waals surface area contributed by atoms with Crippen molar-refractivity contribution in [3.8, 4) is 0 Å². The molecule has 1 atom stereocenters. The summed E-state index contributed by atoms with van der Waals surface area (Å²) >= 11 is 6.80. The maximum absolute atomic E-state index is 11.7. The van der Waals surface area contributed by atoms with E-state index in [2.05, 4.69) is 21.2 Å². The van der Waals surface area contributed by atoms with Gasteiger partial charge in [0.1, 0.15) is 4.88 Å². The predicted molar refractivity (Wildman–Crippen MR) is 69.8 cm³/mol. The largest absolute Gasteiger partial charge is 0.350 e. The fourth-order valence-electron chi connectivity index (χ4n) is 1.55. The van der Waals surface area contributed by atoms with Crippen LogP contribution in [0, 0.1) is 0 Å². The molecule has 0 aromatic carbocycles. The van der Waals surface area contributed by atoms with E-state index in [4.69, 9.17) is 0 Å². The Bertz CT molecular complexity index is 347. The Balaban J connectivity index is 1.84. The van der Waals surface area contributed by atoms with Gasteiger partial charge in [0.25, 0.3) is 5.91 Å². The third-order valence-corrected chi connectivity index (χ3v) is 5.57. The summed E-state index contributed by atoms with van der Waals surface area (Å²) in [4.78, 5) is 12.5. The Morgan fingerprint density at radius 2 is 2.53 bits per heavy atom. The first-order valence-electron chi connectivity index (χ1n) is 4.90. The van der Waals surface area contributed by atoms with Crippen LogP contribution in [0.2, 0.25) is 0 Å². The first-order valence-corrected chi connectivity index (χ1v) is 7.62. The summed E-state index contributed by atoms with van der Waals surface area (Å²) in [5, 5.41) is 5.53. The molecule has 82 valence electrons. The van der Waals surface area contributed by atoms with Gasteiger partial charge >= 0.3 is 0 Å². The lowest BCUT2D eigenvalue weighted by Gasteiger charge is -2.09. The highest BCUT2D eigenvalue weighted by atomic mass is 79.9. The lowest BCUT2D eigenvalue weighted by atomic mass is 10.2. The van der Waals surface area contributed by atoms with Crippen LogP contribution in [-0.2, 0) is 0 Å². The smallest absolute Gasteiger partial charge is 0.262 e. The van der Waals surface area contributed by atoms with Crippen molar-refractivity contribution in [2.45, 2.75) is 18.1 Å². The summed E-state index contributed by atoms with van der Waals surface area (Å²) in [6.07, 6.45) is 2.52. The van der Waals surface area contributed by atoms with Gasteiger partial charge in [-0.3, -0.25) is 4.79 Å². The van der Waals surface area contributed by atoms with Crippen molar-refractivity contribution in [2.75, 3.05) is 12.3 Å². The van der Waals surface area contributed by atoms with Crippen molar-refractivity contribution >= 4 is 44.9 Å². The Kier molecular flexibility index (Phi) is 4.11. The molecule has 0 saturated carbocycles. The van der Waals surface area contributed by atoms with E-state index in [1.807, 2.05) is 23.2 Å². The number of carbonyl (C=O) groups excluding carboxylic acids is 1. The fourth-order valence-corrected chi connectivity index (χ4v) is 4.22. The van der Waals surface area contributed by atoms with Crippen LogP contribution in [0.25, 0.3) is 0 Å². The van der Waals surface area contributed by atoms with Crippen LogP contribution in [0.15, 0.2) is 15.9 Å². The molecule has 1 aliphatic rings. The summed E-state index contributed by atoms with van der Waals surface area (Å²) in [5.41, 5.74) is 0. The van der Waals surface area contributed by atoms with Gasteiger partial charge in [0, 0.05) is 16.3 Å². The monoisotopic (exact) mass is 305 g/mol. The van der Waals surface area contributed by atoms with Gasteiger partial charge in [-0.2, -0.15) is 11.8 Å². The summed E-state index contributed by atoms with van der Waals surface area (Å²) in [7, 11) is 0. The Hall–Kier alpha value is -0.000000000000000111. The van der Waals surface area contributed by atoms with Gasteiger partial charge in [-0.15, -0.1) is 11.3 Å². The van der Waals surface area contributed by atoms with Gasteiger partial charge in [0.05, 0.1) is 0 Å².